The van der Waals surface area contributed by atoms with Crippen LogP contribution in [0.4, 0.5) is 11.9 Å². The SMILES string of the molecule is Cc1nn(-c2nc(NN)nc(N3CCOCC3)n2)cc1Cl. The Labute approximate surface area is 126 Å². The molecule has 1 saturated heterocycles. The van der Waals surface area contributed by atoms with Gasteiger partial charge in [-0.3, -0.25) is 5.43 Å². The minimum Gasteiger partial charge on any atom is -0.378 e. The minimum absolute atomic E-state index is 0.269. The van der Waals surface area contributed by atoms with Gasteiger partial charge in [0.25, 0.3) is 5.95 Å². The van der Waals surface area contributed by atoms with E-state index in [1.165, 1.54) is 4.68 Å². The van der Waals surface area contributed by atoms with Crippen LogP contribution >= 0.6 is 11.6 Å². The second-order valence-corrected chi connectivity index (χ2v) is 4.92. The van der Waals surface area contributed by atoms with E-state index >= 15 is 0 Å². The first kappa shape index (κ1) is 14.0. The van der Waals surface area contributed by atoms with E-state index in [2.05, 4.69) is 25.5 Å². The van der Waals surface area contributed by atoms with Crippen LogP contribution in [0.5, 0.6) is 0 Å². The number of anilines is 2. The van der Waals surface area contributed by atoms with Gasteiger partial charge in [-0.15, -0.1) is 0 Å². The van der Waals surface area contributed by atoms with Crippen molar-refractivity contribution in [2.75, 3.05) is 36.6 Å². The Kier molecular flexibility index (Phi) is 3.86. The van der Waals surface area contributed by atoms with E-state index in [0.717, 1.165) is 0 Å². The summed E-state index contributed by atoms with van der Waals surface area (Å²) in [6.45, 7) is 4.52. The van der Waals surface area contributed by atoms with Crippen LogP contribution in [0.2, 0.25) is 5.02 Å². The van der Waals surface area contributed by atoms with Crippen LogP contribution in [0.25, 0.3) is 5.95 Å². The number of nitrogens with one attached hydrogen (secondary N) is 1. The van der Waals surface area contributed by atoms with Gasteiger partial charge in [-0.25, -0.2) is 10.5 Å². The van der Waals surface area contributed by atoms with Crippen molar-refractivity contribution in [2.45, 2.75) is 6.92 Å². The molecule has 0 bridgehead atoms. The van der Waals surface area contributed by atoms with Gasteiger partial charge in [0.1, 0.15) is 0 Å². The zero-order chi connectivity index (χ0) is 14.8. The van der Waals surface area contributed by atoms with E-state index < -0.39 is 0 Å². The van der Waals surface area contributed by atoms with Crippen LogP contribution in [0.3, 0.4) is 0 Å². The number of nitrogen functional groups attached to an aromatic ring is 1. The molecule has 0 aromatic carbocycles. The van der Waals surface area contributed by atoms with Gasteiger partial charge in [0.15, 0.2) is 0 Å². The first-order chi connectivity index (χ1) is 10.2. The standard InChI is InChI=1S/C11H15ClN8O/c1-7-8(12)6-20(18-7)11-15-9(17-13)14-10(16-11)19-2-4-21-5-3-19/h6H,2-5,13H2,1H3,(H,14,15,16,17). The molecule has 1 fully saturated rings. The fraction of sp³-hybridized carbons (Fsp3) is 0.455. The fourth-order valence-corrected chi connectivity index (χ4v) is 2.10. The number of halogens is 1. The highest BCUT2D eigenvalue weighted by atomic mass is 35.5. The van der Waals surface area contributed by atoms with Gasteiger partial charge in [0.05, 0.1) is 30.1 Å². The molecule has 0 saturated carbocycles. The molecule has 0 atom stereocenters. The van der Waals surface area contributed by atoms with Gasteiger partial charge in [0, 0.05) is 13.1 Å². The zero-order valence-electron chi connectivity index (χ0n) is 11.5. The van der Waals surface area contributed by atoms with Crippen molar-refractivity contribution in [2.24, 2.45) is 5.84 Å². The fourth-order valence-electron chi connectivity index (χ4n) is 1.97. The summed E-state index contributed by atoms with van der Waals surface area (Å²) < 4.78 is 6.83. The van der Waals surface area contributed by atoms with E-state index in [4.69, 9.17) is 22.2 Å². The van der Waals surface area contributed by atoms with Crippen molar-refractivity contribution >= 4 is 23.5 Å². The number of morpholine rings is 1. The van der Waals surface area contributed by atoms with Crippen molar-refractivity contribution in [3.63, 3.8) is 0 Å². The molecule has 112 valence electrons. The van der Waals surface area contributed by atoms with Crippen molar-refractivity contribution in [1.82, 2.24) is 24.7 Å². The topological polar surface area (TPSA) is 107 Å². The number of nitrogens with zero attached hydrogens (tertiary/aromatic N) is 6. The van der Waals surface area contributed by atoms with E-state index in [0.29, 0.717) is 48.9 Å². The molecule has 2 aromatic heterocycles. The molecular formula is C11H15ClN8O. The van der Waals surface area contributed by atoms with Crippen molar-refractivity contribution < 1.29 is 4.74 Å². The van der Waals surface area contributed by atoms with Gasteiger partial charge in [0.2, 0.25) is 11.9 Å². The molecule has 0 aliphatic carbocycles. The lowest BCUT2D eigenvalue weighted by atomic mass is 10.4. The first-order valence-electron chi connectivity index (χ1n) is 6.45. The quantitative estimate of drug-likeness (QED) is 0.609. The highest BCUT2D eigenvalue weighted by Gasteiger charge is 2.17. The van der Waals surface area contributed by atoms with Crippen LogP contribution in [-0.4, -0.2) is 51.0 Å². The number of nitrogens with two attached hydrogens (primary N) is 1. The van der Waals surface area contributed by atoms with Crippen molar-refractivity contribution in [3.05, 3.63) is 16.9 Å². The Hall–Kier alpha value is -1.97. The van der Waals surface area contributed by atoms with Gasteiger partial charge in [-0.1, -0.05) is 11.6 Å². The number of hydrazine groups is 1. The summed E-state index contributed by atoms with van der Waals surface area (Å²) in [4.78, 5) is 14.9. The smallest absolute Gasteiger partial charge is 0.257 e. The monoisotopic (exact) mass is 310 g/mol. The Balaban J connectivity index is 1.99. The van der Waals surface area contributed by atoms with Gasteiger partial charge < -0.3 is 9.64 Å². The lowest BCUT2D eigenvalue weighted by Crippen LogP contribution is -2.37. The average Bonchev–Trinajstić information content (AvgIpc) is 2.87. The Morgan fingerprint density at radius 3 is 2.57 bits per heavy atom. The van der Waals surface area contributed by atoms with E-state index in [-0.39, 0.29) is 5.95 Å². The van der Waals surface area contributed by atoms with Crippen LogP contribution < -0.4 is 16.2 Å². The second kappa shape index (κ2) is 5.80. The molecule has 1 aliphatic heterocycles. The third-order valence-corrected chi connectivity index (χ3v) is 3.45. The molecule has 0 spiro atoms. The molecular weight excluding hydrogens is 296 g/mol. The van der Waals surface area contributed by atoms with E-state index in [9.17, 15) is 0 Å². The van der Waals surface area contributed by atoms with Gasteiger partial charge in [-0.05, 0) is 6.92 Å². The summed E-state index contributed by atoms with van der Waals surface area (Å²) in [6, 6.07) is 0. The zero-order valence-corrected chi connectivity index (χ0v) is 12.2. The molecule has 10 heteroatoms. The molecule has 3 heterocycles. The molecule has 1 aliphatic rings. The molecule has 0 unspecified atom stereocenters. The molecule has 3 N–H and O–H groups in total. The molecule has 0 radical (unpaired) electrons. The predicted octanol–water partition coefficient (Wildman–Crippen LogP) is 0.141. The maximum Gasteiger partial charge on any atom is 0.257 e. The van der Waals surface area contributed by atoms with Crippen LogP contribution in [-0.2, 0) is 4.74 Å². The van der Waals surface area contributed by atoms with Crippen LogP contribution in [0.15, 0.2) is 6.20 Å². The number of aryl methyl sites for hydroxylation is 1. The number of ether oxygens (including phenoxy) is 1. The van der Waals surface area contributed by atoms with E-state index in [1.54, 1.807) is 6.20 Å². The van der Waals surface area contributed by atoms with Crippen molar-refractivity contribution in [1.29, 1.82) is 0 Å². The van der Waals surface area contributed by atoms with Crippen molar-refractivity contribution in [3.8, 4) is 5.95 Å². The summed E-state index contributed by atoms with van der Waals surface area (Å²) in [5, 5.41) is 4.81. The summed E-state index contributed by atoms with van der Waals surface area (Å²) in [5.74, 6) is 6.58. The number of hydrogen-bond acceptors (Lipinski definition) is 8. The van der Waals surface area contributed by atoms with Gasteiger partial charge in [-0.2, -0.15) is 20.1 Å². The predicted molar refractivity (Wildman–Crippen MR) is 77.5 cm³/mol. The number of hydrogen-bond donors (Lipinski definition) is 2. The first-order valence-corrected chi connectivity index (χ1v) is 6.82. The van der Waals surface area contributed by atoms with E-state index in [1.807, 2.05) is 11.8 Å². The molecule has 3 rings (SSSR count). The highest BCUT2D eigenvalue weighted by molar-refractivity contribution is 6.31. The molecule has 2 aromatic rings. The normalized spacial score (nSPS) is 15.3. The Morgan fingerprint density at radius 1 is 1.24 bits per heavy atom. The molecule has 0 amide bonds. The molecule has 9 nitrogen and oxygen atoms in total. The summed E-state index contributed by atoms with van der Waals surface area (Å²) >= 11 is 6.02. The molecule has 21 heavy (non-hydrogen) atoms. The van der Waals surface area contributed by atoms with Crippen LogP contribution in [0.1, 0.15) is 5.69 Å². The van der Waals surface area contributed by atoms with Crippen LogP contribution in [0, 0.1) is 6.92 Å². The summed E-state index contributed by atoms with van der Waals surface area (Å²) in [7, 11) is 0. The largest absolute Gasteiger partial charge is 0.378 e. The number of aromatic nitrogens is 5. The van der Waals surface area contributed by atoms with Gasteiger partial charge >= 0.3 is 0 Å². The summed E-state index contributed by atoms with van der Waals surface area (Å²) in [6.07, 6.45) is 1.65. The number of rotatable bonds is 3. The average molecular weight is 311 g/mol. The lowest BCUT2D eigenvalue weighted by molar-refractivity contribution is 0.122. The third-order valence-electron chi connectivity index (χ3n) is 3.08. The Morgan fingerprint density at radius 2 is 1.95 bits per heavy atom. The Bertz CT molecular complexity index is 620. The lowest BCUT2D eigenvalue weighted by Gasteiger charge is -2.26. The highest BCUT2D eigenvalue weighted by Crippen LogP contribution is 2.17. The maximum atomic E-state index is 6.02. The third kappa shape index (κ3) is 2.89. The summed E-state index contributed by atoms with van der Waals surface area (Å²) in [5.41, 5.74) is 3.14. The minimum atomic E-state index is 0.269. The second-order valence-electron chi connectivity index (χ2n) is 4.51. The maximum absolute atomic E-state index is 6.02.